The summed E-state index contributed by atoms with van der Waals surface area (Å²) in [7, 11) is 1.70. The summed E-state index contributed by atoms with van der Waals surface area (Å²) in [6, 6.07) is 10.2. The van der Waals surface area contributed by atoms with Crippen molar-refractivity contribution in [2.75, 3.05) is 13.7 Å². The number of methoxy groups -OCH3 is 1. The first-order chi connectivity index (χ1) is 10.2. The van der Waals surface area contributed by atoms with E-state index in [4.69, 9.17) is 9.15 Å². The summed E-state index contributed by atoms with van der Waals surface area (Å²) in [6.07, 6.45) is 1.97. The van der Waals surface area contributed by atoms with Crippen molar-refractivity contribution in [2.45, 2.75) is 32.7 Å². The predicted octanol–water partition coefficient (Wildman–Crippen LogP) is 4.70. The normalized spacial score (nSPS) is 12.4. The van der Waals surface area contributed by atoms with E-state index >= 15 is 0 Å². The summed E-state index contributed by atoms with van der Waals surface area (Å²) in [6.45, 7) is 5.17. The quantitative estimate of drug-likeness (QED) is 0.784. The molecule has 1 aromatic heterocycles. The van der Waals surface area contributed by atoms with E-state index in [1.807, 2.05) is 24.3 Å². The molecule has 21 heavy (non-hydrogen) atoms. The van der Waals surface area contributed by atoms with Crippen molar-refractivity contribution < 1.29 is 9.15 Å². The molecule has 1 aromatic carbocycles. The van der Waals surface area contributed by atoms with Crippen LogP contribution in [0.2, 0.25) is 0 Å². The second-order valence-corrected chi connectivity index (χ2v) is 5.85. The Bertz CT molecular complexity index is 580. The van der Waals surface area contributed by atoms with Gasteiger partial charge < -0.3 is 14.5 Å². The number of hydrogen-bond donors (Lipinski definition) is 1. The second-order valence-electron chi connectivity index (χ2n) is 4.93. The zero-order valence-electron chi connectivity index (χ0n) is 12.8. The molecule has 1 N–H and O–H groups in total. The first-order valence-electron chi connectivity index (χ1n) is 7.35. The second kappa shape index (κ2) is 7.66. The lowest BCUT2D eigenvalue weighted by Gasteiger charge is -2.19. The Morgan fingerprint density at radius 3 is 2.67 bits per heavy atom. The predicted molar refractivity (Wildman–Crippen MR) is 88.9 cm³/mol. The van der Waals surface area contributed by atoms with Crippen LogP contribution in [0, 0.1) is 0 Å². The van der Waals surface area contributed by atoms with Gasteiger partial charge in [0.15, 0.2) is 0 Å². The monoisotopic (exact) mass is 351 g/mol. The van der Waals surface area contributed by atoms with Gasteiger partial charge in [-0.05, 0) is 37.2 Å². The summed E-state index contributed by atoms with van der Waals surface area (Å²) in [5, 5.41) is 3.54. The van der Waals surface area contributed by atoms with Crippen molar-refractivity contribution in [3.63, 3.8) is 0 Å². The number of hydrogen-bond acceptors (Lipinski definition) is 3. The number of nitrogens with one attached hydrogen (secondary N) is 1. The molecule has 2 rings (SSSR count). The van der Waals surface area contributed by atoms with E-state index in [0.29, 0.717) is 0 Å². The zero-order chi connectivity index (χ0) is 15.2. The summed E-state index contributed by atoms with van der Waals surface area (Å²) >= 11 is 3.49. The van der Waals surface area contributed by atoms with E-state index in [1.165, 1.54) is 0 Å². The highest BCUT2D eigenvalue weighted by Gasteiger charge is 2.21. The molecule has 0 radical (unpaired) electrons. The van der Waals surface area contributed by atoms with Gasteiger partial charge in [-0.2, -0.15) is 0 Å². The highest BCUT2D eigenvalue weighted by Crippen LogP contribution is 2.33. The molecule has 114 valence electrons. The number of furan rings is 1. The highest BCUT2D eigenvalue weighted by atomic mass is 79.9. The van der Waals surface area contributed by atoms with E-state index in [1.54, 1.807) is 7.11 Å². The smallest absolute Gasteiger partial charge is 0.125 e. The molecule has 0 spiro atoms. The SMILES string of the molecule is CCCNC(c1ccc(CC)o1)c1ccc(Br)cc1OC. The maximum absolute atomic E-state index is 5.95. The van der Waals surface area contributed by atoms with Gasteiger partial charge >= 0.3 is 0 Å². The maximum atomic E-state index is 5.95. The van der Waals surface area contributed by atoms with Gasteiger partial charge in [-0.3, -0.25) is 0 Å². The van der Waals surface area contributed by atoms with Crippen LogP contribution in [0.3, 0.4) is 0 Å². The average molecular weight is 352 g/mol. The van der Waals surface area contributed by atoms with Gasteiger partial charge in [0.1, 0.15) is 17.3 Å². The van der Waals surface area contributed by atoms with Gasteiger partial charge in [-0.15, -0.1) is 0 Å². The minimum Gasteiger partial charge on any atom is -0.496 e. The number of benzene rings is 1. The van der Waals surface area contributed by atoms with Crippen molar-refractivity contribution in [1.29, 1.82) is 0 Å². The first-order valence-corrected chi connectivity index (χ1v) is 8.14. The summed E-state index contributed by atoms with van der Waals surface area (Å²) in [4.78, 5) is 0. The van der Waals surface area contributed by atoms with Gasteiger partial charge in [-0.1, -0.05) is 35.8 Å². The van der Waals surface area contributed by atoms with E-state index in [9.17, 15) is 0 Å². The third-order valence-corrected chi connectivity index (χ3v) is 3.91. The third-order valence-electron chi connectivity index (χ3n) is 3.42. The molecule has 0 aliphatic rings. The molecule has 0 aliphatic heterocycles. The number of ether oxygens (including phenoxy) is 1. The number of halogens is 1. The van der Waals surface area contributed by atoms with Crippen LogP contribution < -0.4 is 10.1 Å². The molecule has 1 unspecified atom stereocenters. The molecule has 1 atom stereocenters. The molecule has 0 saturated heterocycles. The molecule has 0 aliphatic carbocycles. The Morgan fingerprint density at radius 1 is 1.24 bits per heavy atom. The van der Waals surface area contributed by atoms with Crippen molar-refractivity contribution in [1.82, 2.24) is 5.32 Å². The fraction of sp³-hybridized carbons (Fsp3) is 0.412. The Morgan fingerprint density at radius 2 is 2.05 bits per heavy atom. The maximum Gasteiger partial charge on any atom is 0.125 e. The molecule has 0 fully saturated rings. The van der Waals surface area contributed by atoms with Crippen LogP contribution >= 0.6 is 15.9 Å². The van der Waals surface area contributed by atoms with Crippen LogP contribution in [0.15, 0.2) is 39.2 Å². The van der Waals surface area contributed by atoms with Crippen molar-refractivity contribution >= 4 is 15.9 Å². The highest BCUT2D eigenvalue weighted by molar-refractivity contribution is 9.10. The van der Waals surface area contributed by atoms with Crippen LogP contribution in [-0.4, -0.2) is 13.7 Å². The summed E-state index contributed by atoms with van der Waals surface area (Å²) < 4.78 is 12.5. The lowest BCUT2D eigenvalue weighted by molar-refractivity contribution is 0.386. The zero-order valence-corrected chi connectivity index (χ0v) is 14.4. The topological polar surface area (TPSA) is 34.4 Å². The summed E-state index contributed by atoms with van der Waals surface area (Å²) in [5.41, 5.74) is 1.09. The Kier molecular flexibility index (Phi) is 5.88. The molecule has 4 heteroatoms. The first kappa shape index (κ1) is 16.1. The largest absolute Gasteiger partial charge is 0.496 e. The molecular formula is C17H22BrNO2. The molecule has 0 amide bonds. The Labute approximate surface area is 134 Å². The van der Waals surface area contributed by atoms with Gasteiger partial charge in [0, 0.05) is 16.5 Å². The average Bonchev–Trinajstić information content (AvgIpc) is 2.97. The standard InChI is InChI=1S/C17H22BrNO2/c1-4-10-19-17(15-9-7-13(5-2)21-15)14-8-6-12(18)11-16(14)20-3/h6-9,11,17,19H,4-5,10H2,1-3H3. The van der Waals surface area contributed by atoms with E-state index in [-0.39, 0.29) is 6.04 Å². The molecule has 0 saturated carbocycles. The minimum absolute atomic E-state index is 0.00769. The van der Waals surface area contributed by atoms with Crippen LogP contribution in [0.1, 0.15) is 43.4 Å². The lowest BCUT2D eigenvalue weighted by atomic mass is 10.0. The van der Waals surface area contributed by atoms with E-state index < -0.39 is 0 Å². The molecule has 1 heterocycles. The molecule has 0 bridgehead atoms. The Hall–Kier alpha value is -1.26. The van der Waals surface area contributed by atoms with Crippen molar-refractivity contribution in [2.24, 2.45) is 0 Å². The third kappa shape index (κ3) is 3.89. The van der Waals surface area contributed by atoms with Crippen LogP contribution in [0.25, 0.3) is 0 Å². The van der Waals surface area contributed by atoms with Crippen LogP contribution in [-0.2, 0) is 6.42 Å². The van der Waals surface area contributed by atoms with Crippen LogP contribution in [0.5, 0.6) is 5.75 Å². The molecule has 3 nitrogen and oxygen atoms in total. The van der Waals surface area contributed by atoms with Gasteiger partial charge in [-0.25, -0.2) is 0 Å². The van der Waals surface area contributed by atoms with Crippen molar-refractivity contribution in [3.05, 3.63) is 51.9 Å². The Balaban J connectivity index is 2.39. The van der Waals surface area contributed by atoms with E-state index in [0.717, 1.165) is 46.7 Å². The summed E-state index contributed by atoms with van der Waals surface area (Å²) in [5.74, 6) is 2.79. The molecular weight excluding hydrogens is 330 g/mol. The van der Waals surface area contributed by atoms with Gasteiger partial charge in [0.2, 0.25) is 0 Å². The van der Waals surface area contributed by atoms with Gasteiger partial charge in [0.25, 0.3) is 0 Å². The fourth-order valence-corrected chi connectivity index (χ4v) is 2.66. The minimum atomic E-state index is 0.00769. The van der Waals surface area contributed by atoms with Gasteiger partial charge in [0.05, 0.1) is 13.2 Å². The van der Waals surface area contributed by atoms with E-state index in [2.05, 4.69) is 41.2 Å². The van der Waals surface area contributed by atoms with Crippen molar-refractivity contribution in [3.8, 4) is 5.75 Å². The fourth-order valence-electron chi connectivity index (χ4n) is 2.32. The number of rotatable bonds is 7. The van der Waals surface area contributed by atoms with Crippen LogP contribution in [0.4, 0.5) is 0 Å². The molecule has 2 aromatic rings. The lowest BCUT2D eigenvalue weighted by Crippen LogP contribution is -2.23. The number of aryl methyl sites for hydroxylation is 1.